The van der Waals surface area contributed by atoms with Crippen molar-refractivity contribution in [3.8, 4) is 11.5 Å². The number of rotatable bonds is 6. The highest BCUT2D eigenvalue weighted by molar-refractivity contribution is 5.96. The first kappa shape index (κ1) is 18.1. The zero-order valence-electron chi connectivity index (χ0n) is 14.1. The maximum Gasteiger partial charge on any atom is 0.331 e. The molecule has 0 saturated heterocycles. The van der Waals surface area contributed by atoms with Crippen LogP contribution in [0.5, 0.6) is 11.5 Å². The lowest BCUT2D eigenvalue weighted by Crippen LogP contribution is -2.41. The summed E-state index contributed by atoms with van der Waals surface area (Å²) in [6, 6.07) is 7.81. The van der Waals surface area contributed by atoms with Crippen LogP contribution in [0.3, 0.4) is 0 Å². The van der Waals surface area contributed by atoms with Gasteiger partial charge in [-0.15, -0.1) is 0 Å². The Morgan fingerprint density at radius 2 is 2.00 bits per heavy atom. The van der Waals surface area contributed by atoms with E-state index in [-0.39, 0.29) is 13.3 Å². The molecule has 0 saturated carbocycles. The summed E-state index contributed by atoms with van der Waals surface area (Å²) in [5.74, 6) is 0.287. The van der Waals surface area contributed by atoms with E-state index in [0.717, 1.165) is 0 Å². The highest BCUT2D eigenvalue weighted by atomic mass is 16.7. The first-order chi connectivity index (χ1) is 13.1. The van der Waals surface area contributed by atoms with E-state index < -0.39 is 24.5 Å². The highest BCUT2D eigenvalue weighted by Crippen LogP contribution is 2.32. The van der Waals surface area contributed by atoms with Crippen LogP contribution in [0.4, 0.5) is 4.79 Å². The Morgan fingerprint density at radius 1 is 1.15 bits per heavy atom. The molecule has 0 radical (unpaired) electrons. The SMILES string of the molecule is O=C(COC(=O)C=Cc1ccc2c(c1)OCO2)NC(=O)NCc1ccco1. The third-order valence-corrected chi connectivity index (χ3v) is 3.41. The van der Waals surface area contributed by atoms with Crippen LogP contribution in [-0.4, -0.2) is 31.3 Å². The lowest BCUT2D eigenvalue weighted by molar-refractivity contribution is -0.143. The van der Waals surface area contributed by atoms with Crippen LogP contribution in [0, 0.1) is 0 Å². The van der Waals surface area contributed by atoms with E-state index in [2.05, 4.69) is 5.32 Å². The molecule has 3 rings (SSSR count). The third-order valence-electron chi connectivity index (χ3n) is 3.41. The summed E-state index contributed by atoms with van der Waals surface area (Å²) in [4.78, 5) is 34.8. The minimum atomic E-state index is -0.753. The molecule has 0 spiro atoms. The molecule has 3 amide bonds. The van der Waals surface area contributed by atoms with Gasteiger partial charge in [-0.3, -0.25) is 10.1 Å². The van der Waals surface area contributed by atoms with Gasteiger partial charge in [-0.2, -0.15) is 0 Å². The fraction of sp³-hybridized carbons (Fsp3) is 0.167. The molecule has 2 N–H and O–H groups in total. The van der Waals surface area contributed by atoms with Crippen molar-refractivity contribution in [2.45, 2.75) is 6.54 Å². The molecular weight excluding hydrogens is 356 g/mol. The second-order valence-corrected chi connectivity index (χ2v) is 5.36. The maximum atomic E-state index is 11.7. The van der Waals surface area contributed by atoms with Gasteiger partial charge >= 0.3 is 12.0 Å². The quantitative estimate of drug-likeness (QED) is 0.584. The van der Waals surface area contributed by atoms with Crippen molar-refractivity contribution in [1.29, 1.82) is 0 Å². The molecule has 2 heterocycles. The molecule has 1 aliphatic rings. The predicted octanol–water partition coefficient (Wildman–Crippen LogP) is 1.59. The van der Waals surface area contributed by atoms with Gasteiger partial charge in [0.25, 0.3) is 5.91 Å². The van der Waals surface area contributed by atoms with Crippen LogP contribution in [0.1, 0.15) is 11.3 Å². The largest absolute Gasteiger partial charge is 0.467 e. The molecule has 140 valence electrons. The van der Waals surface area contributed by atoms with Crippen LogP contribution >= 0.6 is 0 Å². The van der Waals surface area contributed by atoms with Gasteiger partial charge in [0.15, 0.2) is 18.1 Å². The first-order valence-electron chi connectivity index (χ1n) is 7.95. The molecule has 0 unspecified atom stereocenters. The third kappa shape index (κ3) is 5.36. The van der Waals surface area contributed by atoms with E-state index in [9.17, 15) is 14.4 Å². The monoisotopic (exact) mass is 372 g/mol. The van der Waals surface area contributed by atoms with Crippen molar-refractivity contribution in [1.82, 2.24) is 10.6 Å². The second-order valence-electron chi connectivity index (χ2n) is 5.36. The highest BCUT2D eigenvalue weighted by Gasteiger charge is 2.13. The maximum absolute atomic E-state index is 11.7. The fourth-order valence-electron chi connectivity index (χ4n) is 2.15. The number of esters is 1. The van der Waals surface area contributed by atoms with Gasteiger partial charge in [-0.1, -0.05) is 6.07 Å². The number of hydrogen-bond donors (Lipinski definition) is 2. The van der Waals surface area contributed by atoms with Crippen LogP contribution in [0.25, 0.3) is 6.08 Å². The number of ether oxygens (including phenoxy) is 3. The lowest BCUT2D eigenvalue weighted by atomic mass is 10.2. The summed E-state index contributed by atoms with van der Waals surface area (Å²) in [7, 11) is 0. The zero-order chi connectivity index (χ0) is 19.1. The Morgan fingerprint density at radius 3 is 2.81 bits per heavy atom. The Bertz CT molecular complexity index is 859. The Labute approximate surface area is 153 Å². The number of carbonyl (C=O) groups excluding carboxylic acids is 3. The standard InChI is InChI=1S/C18H16N2O7/c21-16(20-18(23)19-9-13-2-1-7-24-13)10-25-17(22)6-4-12-3-5-14-15(8-12)27-11-26-14/h1-8H,9-11H2,(H2,19,20,21,23). The van der Waals surface area contributed by atoms with Gasteiger partial charge in [-0.25, -0.2) is 9.59 Å². The molecule has 0 aliphatic carbocycles. The average molecular weight is 372 g/mol. The van der Waals surface area contributed by atoms with Gasteiger partial charge in [0, 0.05) is 6.08 Å². The van der Waals surface area contributed by atoms with Gasteiger partial charge in [0.2, 0.25) is 6.79 Å². The summed E-state index contributed by atoms with van der Waals surface area (Å²) >= 11 is 0. The van der Waals surface area contributed by atoms with Crippen molar-refractivity contribution in [3.63, 3.8) is 0 Å². The van der Waals surface area contributed by atoms with E-state index in [4.69, 9.17) is 18.6 Å². The number of urea groups is 1. The van der Waals surface area contributed by atoms with Gasteiger partial charge in [0.05, 0.1) is 12.8 Å². The number of furan rings is 1. The minimum absolute atomic E-state index is 0.129. The molecule has 0 bridgehead atoms. The summed E-state index contributed by atoms with van der Waals surface area (Å²) in [5, 5.41) is 4.47. The second kappa shape index (κ2) is 8.56. The number of nitrogens with one attached hydrogen (secondary N) is 2. The molecule has 0 fully saturated rings. The lowest BCUT2D eigenvalue weighted by Gasteiger charge is -2.05. The van der Waals surface area contributed by atoms with E-state index in [1.807, 2.05) is 5.32 Å². The van der Waals surface area contributed by atoms with Crippen LogP contribution in [0.2, 0.25) is 0 Å². The molecule has 9 nitrogen and oxygen atoms in total. The van der Waals surface area contributed by atoms with Crippen molar-refractivity contribution in [2.75, 3.05) is 13.4 Å². The van der Waals surface area contributed by atoms with E-state index in [1.165, 1.54) is 18.4 Å². The zero-order valence-corrected chi connectivity index (χ0v) is 14.1. The van der Waals surface area contributed by atoms with Crippen molar-refractivity contribution in [2.24, 2.45) is 0 Å². The van der Waals surface area contributed by atoms with E-state index in [1.54, 1.807) is 30.3 Å². The molecule has 9 heteroatoms. The number of amides is 3. The Balaban J connectivity index is 1.38. The molecule has 1 aromatic carbocycles. The van der Waals surface area contributed by atoms with Crippen LogP contribution in [0.15, 0.2) is 47.1 Å². The van der Waals surface area contributed by atoms with Gasteiger partial charge in [0.1, 0.15) is 5.76 Å². The summed E-state index contributed by atoms with van der Waals surface area (Å²) in [6.07, 6.45) is 4.15. The Hall–Kier alpha value is -3.75. The van der Waals surface area contributed by atoms with E-state index >= 15 is 0 Å². The predicted molar refractivity (Wildman–Crippen MR) is 91.6 cm³/mol. The van der Waals surface area contributed by atoms with Crippen molar-refractivity contribution < 1.29 is 33.0 Å². The molecule has 1 aliphatic heterocycles. The normalized spacial score (nSPS) is 12.0. The van der Waals surface area contributed by atoms with Crippen molar-refractivity contribution >= 4 is 24.0 Å². The van der Waals surface area contributed by atoms with Crippen LogP contribution in [-0.2, 0) is 20.9 Å². The smallest absolute Gasteiger partial charge is 0.331 e. The van der Waals surface area contributed by atoms with Gasteiger partial charge < -0.3 is 23.9 Å². The van der Waals surface area contributed by atoms with Gasteiger partial charge in [-0.05, 0) is 35.9 Å². The molecular formula is C18H16N2O7. The number of fused-ring (bicyclic) bond motifs is 1. The summed E-state index contributed by atoms with van der Waals surface area (Å²) in [6.45, 7) is -0.294. The molecule has 0 atom stereocenters. The molecule has 2 aromatic rings. The first-order valence-corrected chi connectivity index (χ1v) is 7.95. The van der Waals surface area contributed by atoms with Crippen LogP contribution < -0.4 is 20.1 Å². The number of carbonyl (C=O) groups is 3. The number of imide groups is 1. The minimum Gasteiger partial charge on any atom is -0.467 e. The van der Waals surface area contributed by atoms with E-state index in [0.29, 0.717) is 22.8 Å². The number of hydrogen-bond acceptors (Lipinski definition) is 7. The Kier molecular flexibility index (Phi) is 5.73. The average Bonchev–Trinajstić information content (AvgIpc) is 3.34. The summed E-state index contributed by atoms with van der Waals surface area (Å²) < 4.78 is 20.2. The topological polar surface area (TPSA) is 116 Å². The summed E-state index contributed by atoms with van der Waals surface area (Å²) in [5.41, 5.74) is 0.706. The molecule has 27 heavy (non-hydrogen) atoms. The number of benzene rings is 1. The molecule has 1 aromatic heterocycles. The fourth-order valence-corrected chi connectivity index (χ4v) is 2.15. The van der Waals surface area contributed by atoms with Crippen molar-refractivity contribution in [3.05, 3.63) is 54.0 Å².